The van der Waals surface area contributed by atoms with Gasteiger partial charge in [0.05, 0.1) is 18.7 Å². The highest BCUT2D eigenvalue weighted by atomic mass is 16.5. The molecule has 5 rings (SSSR count). The number of nitrogens with zero attached hydrogens (tertiary/aromatic N) is 2. The third-order valence-corrected chi connectivity index (χ3v) is 6.31. The van der Waals surface area contributed by atoms with E-state index in [9.17, 15) is 14.9 Å². The van der Waals surface area contributed by atoms with Crippen LogP contribution < -0.4 is 14.8 Å². The van der Waals surface area contributed by atoms with Crippen LogP contribution in [0.4, 0.5) is 5.69 Å². The lowest BCUT2D eigenvalue weighted by Gasteiger charge is -2.47. The molecule has 2 unspecified atom stereocenters. The number of hydrogen-bond acceptors (Lipinski definition) is 5. The number of nitrogens with one attached hydrogen (secondary N) is 1. The van der Waals surface area contributed by atoms with Crippen molar-refractivity contribution in [3.8, 4) is 17.6 Å². The Labute approximate surface area is 203 Å². The van der Waals surface area contributed by atoms with Crippen LogP contribution in [-0.2, 0) is 16.1 Å². The quantitative estimate of drug-likeness (QED) is 0.495. The molecule has 1 saturated heterocycles. The first-order chi connectivity index (χ1) is 17.1. The Morgan fingerprint density at radius 3 is 2.60 bits per heavy atom. The van der Waals surface area contributed by atoms with Crippen LogP contribution in [-0.4, -0.2) is 29.9 Å². The lowest BCUT2D eigenvalue weighted by atomic mass is 9.89. The van der Waals surface area contributed by atoms with Crippen LogP contribution in [0, 0.1) is 17.2 Å². The van der Waals surface area contributed by atoms with Crippen LogP contribution in [0.5, 0.6) is 11.5 Å². The van der Waals surface area contributed by atoms with Gasteiger partial charge in [-0.25, -0.2) is 0 Å². The lowest BCUT2D eigenvalue weighted by Crippen LogP contribution is -2.60. The number of carbonyl (C=O) groups excluding carboxylic acids is 2. The molecule has 2 atom stereocenters. The van der Waals surface area contributed by atoms with E-state index >= 15 is 0 Å². The zero-order valence-electron chi connectivity index (χ0n) is 19.3. The fourth-order valence-electron chi connectivity index (χ4n) is 4.31. The minimum absolute atomic E-state index is 0.0458. The Morgan fingerprint density at radius 1 is 1.06 bits per heavy atom. The molecule has 2 amide bonds. The van der Waals surface area contributed by atoms with Crippen molar-refractivity contribution in [2.45, 2.75) is 31.5 Å². The van der Waals surface area contributed by atoms with Crippen LogP contribution >= 0.6 is 0 Å². The van der Waals surface area contributed by atoms with Crippen molar-refractivity contribution in [2.75, 3.05) is 12.4 Å². The topological polar surface area (TPSA) is 91.7 Å². The number of amides is 2. The first-order valence-electron chi connectivity index (χ1n) is 11.6. The second kappa shape index (κ2) is 9.51. The van der Waals surface area contributed by atoms with Crippen molar-refractivity contribution in [3.63, 3.8) is 0 Å². The zero-order chi connectivity index (χ0) is 24.4. The number of benzene rings is 3. The standard InChI is InChI=1S/C28H25N3O4/c1-34-23-9-4-7-21(15-23)25-26(35-24-10-3-5-18(14-24)16-29)28(33)31(25)17-19-6-2-8-22(13-19)30-27(32)20-11-12-20/h2-10,13-15,20,25-26H,11-12,17H2,1H3,(H,30,32). The molecule has 7 heteroatoms. The van der Waals surface area contributed by atoms with Gasteiger partial charge in [0, 0.05) is 18.2 Å². The van der Waals surface area contributed by atoms with E-state index in [1.165, 1.54) is 0 Å². The average Bonchev–Trinajstić information content (AvgIpc) is 3.74. The van der Waals surface area contributed by atoms with Crippen LogP contribution in [0.25, 0.3) is 0 Å². The summed E-state index contributed by atoms with van der Waals surface area (Å²) in [5.41, 5.74) is 2.99. The van der Waals surface area contributed by atoms with Gasteiger partial charge in [-0.3, -0.25) is 9.59 Å². The lowest BCUT2D eigenvalue weighted by molar-refractivity contribution is -0.165. The summed E-state index contributed by atoms with van der Waals surface area (Å²) >= 11 is 0. The number of carbonyl (C=O) groups is 2. The maximum Gasteiger partial charge on any atom is 0.267 e. The van der Waals surface area contributed by atoms with E-state index in [-0.39, 0.29) is 23.8 Å². The van der Waals surface area contributed by atoms with Crippen molar-refractivity contribution < 1.29 is 19.1 Å². The van der Waals surface area contributed by atoms with Crippen molar-refractivity contribution in [2.24, 2.45) is 5.92 Å². The number of nitriles is 1. The zero-order valence-corrected chi connectivity index (χ0v) is 19.3. The average molecular weight is 468 g/mol. The van der Waals surface area contributed by atoms with Gasteiger partial charge >= 0.3 is 0 Å². The highest BCUT2D eigenvalue weighted by Gasteiger charge is 2.50. The molecule has 2 aliphatic rings. The van der Waals surface area contributed by atoms with Gasteiger partial charge in [0.15, 0.2) is 0 Å². The second-order valence-electron chi connectivity index (χ2n) is 8.83. The predicted octanol–water partition coefficient (Wildman–Crippen LogP) is 4.45. The Morgan fingerprint density at radius 2 is 1.83 bits per heavy atom. The summed E-state index contributed by atoms with van der Waals surface area (Å²) < 4.78 is 11.5. The number of likely N-dealkylation sites (tertiary alicyclic amines) is 1. The van der Waals surface area contributed by atoms with Gasteiger partial charge in [-0.05, 0) is 66.4 Å². The molecule has 1 heterocycles. The highest BCUT2D eigenvalue weighted by Crippen LogP contribution is 2.40. The Hall–Kier alpha value is -4.31. The van der Waals surface area contributed by atoms with E-state index in [1.807, 2.05) is 48.5 Å². The minimum atomic E-state index is -0.728. The smallest absolute Gasteiger partial charge is 0.267 e. The monoisotopic (exact) mass is 467 g/mol. The largest absolute Gasteiger partial charge is 0.497 e. The summed E-state index contributed by atoms with van der Waals surface area (Å²) in [7, 11) is 1.60. The van der Waals surface area contributed by atoms with Gasteiger partial charge in [0.1, 0.15) is 17.5 Å². The normalized spacial score (nSPS) is 18.9. The van der Waals surface area contributed by atoms with Gasteiger partial charge in [-0.2, -0.15) is 5.26 Å². The van der Waals surface area contributed by atoms with Crippen molar-refractivity contribution in [1.29, 1.82) is 5.26 Å². The van der Waals surface area contributed by atoms with E-state index in [0.29, 0.717) is 23.6 Å². The summed E-state index contributed by atoms with van der Waals surface area (Å²) in [6.07, 6.45) is 1.15. The number of rotatable bonds is 8. The minimum Gasteiger partial charge on any atom is -0.497 e. The molecular formula is C28H25N3O4. The number of β-lactam (4-membered cyclic amide) rings is 1. The molecule has 3 aromatic rings. The fourth-order valence-corrected chi connectivity index (χ4v) is 4.31. The molecule has 0 bridgehead atoms. The molecule has 0 aromatic heterocycles. The molecule has 2 fully saturated rings. The molecule has 3 aromatic carbocycles. The number of hydrogen-bond donors (Lipinski definition) is 1. The van der Waals surface area contributed by atoms with Crippen LogP contribution in [0.15, 0.2) is 72.8 Å². The molecular weight excluding hydrogens is 442 g/mol. The molecule has 1 aliphatic heterocycles. The number of ether oxygens (including phenoxy) is 2. The van der Waals surface area contributed by atoms with Crippen LogP contribution in [0.3, 0.4) is 0 Å². The highest BCUT2D eigenvalue weighted by molar-refractivity contribution is 5.94. The molecule has 1 saturated carbocycles. The summed E-state index contributed by atoms with van der Waals surface area (Å²) in [5, 5.41) is 12.2. The summed E-state index contributed by atoms with van der Waals surface area (Å²) in [5.74, 6) is 1.18. The first-order valence-corrected chi connectivity index (χ1v) is 11.6. The van der Waals surface area contributed by atoms with Gasteiger partial charge < -0.3 is 19.7 Å². The van der Waals surface area contributed by atoms with Gasteiger partial charge in [-0.1, -0.05) is 30.3 Å². The summed E-state index contributed by atoms with van der Waals surface area (Å²) in [6.45, 7) is 0.367. The third kappa shape index (κ3) is 4.82. The predicted molar refractivity (Wildman–Crippen MR) is 130 cm³/mol. The van der Waals surface area contributed by atoms with E-state index in [1.54, 1.807) is 36.3 Å². The Bertz CT molecular complexity index is 1310. The second-order valence-corrected chi connectivity index (χ2v) is 8.83. The Balaban J connectivity index is 1.39. The molecule has 1 aliphatic carbocycles. The molecule has 1 N–H and O–H groups in total. The van der Waals surface area contributed by atoms with Crippen LogP contribution in [0.1, 0.15) is 35.6 Å². The van der Waals surface area contributed by atoms with E-state index in [4.69, 9.17) is 9.47 Å². The van der Waals surface area contributed by atoms with E-state index in [0.717, 1.165) is 29.7 Å². The number of anilines is 1. The van der Waals surface area contributed by atoms with Crippen molar-refractivity contribution in [3.05, 3.63) is 89.5 Å². The van der Waals surface area contributed by atoms with Gasteiger partial charge in [0.2, 0.25) is 12.0 Å². The molecule has 35 heavy (non-hydrogen) atoms. The van der Waals surface area contributed by atoms with E-state index in [2.05, 4.69) is 11.4 Å². The fraction of sp³-hybridized carbons (Fsp3) is 0.250. The first kappa shape index (κ1) is 22.5. The maximum absolute atomic E-state index is 13.3. The van der Waals surface area contributed by atoms with E-state index < -0.39 is 6.10 Å². The Kier molecular flexibility index (Phi) is 6.11. The molecule has 0 spiro atoms. The SMILES string of the molecule is COc1cccc(C2C(Oc3cccc(C#N)c3)C(=O)N2Cc2cccc(NC(=O)C3CC3)c2)c1. The van der Waals surface area contributed by atoms with Crippen molar-refractivity contribution >= 4 is 17.5 Å². The van der Waals surface area contributed by atoms with Crippen molar-refractivity contribution in [1.82, 2.24) is 4.90 Å². The number of methoxy groups -OCH3 is 1. The van der Waals surface area contributed by atoms with Gasteiger partial charge in [0.25, 0.3) is 5.91 Å². The third-order valence-electron chi connectivity index (χ3n) is 6.31. The van der Waals surface area contributed by atoms with Gasteiger partial charge in [-0.15, -0.1) is 0 Å². The summed E-state index contributed by atoms with van der Waals surface area (Å²) in [6, 6.07) is 23.7. The molecule has 0 radical (unpaired) electrons. The van der Waals surface area contributed by atoms with Crippen LogP contribution in [0.2, 0.25) is 0 Å². The maximum atomic E-state index is 13.3. The summed E-state index contributed by atoms with van der Waals surface area (Å²) in [4.78, 5) is 27.2. The molecule has 7 nitrogen and oxygen atoms in total. The molecule has 176 valence electrons.